The summed E-state index contributed by atoms with van der Waals surface area (Å²) in [6, 6.07) is 6.90. The van der Waals surface area contributed by atoms with Crippen molar-refractivity contribution in [3.63, 3.8) is 0 Å². The van der Waals surface area contributed by atoms with E-state index in [0.717, 1.165) is 29.3 Å². The third-order valence-corrected chi connectivity index (χ3v) is 10.6. The van der Waals surface area contributed by atoms with E-state index < -0.39 is 10.1 Å². The highest BCUT2D eigenvalue weighted by Gasteiger charge is 2.55. The van der Waals surface area contributed by atoms with Crippen LogP contribution in [0.4, 0.5) is 0 Å². The first kappa shape index (κ1) is 23.5. The largest absolute Gasteiger partial charge is 0.296 e. The van der Waals surface area contributed by atoms with Crippen molar-refractivity contribution in [1.29, 1.82) is 0 Å². The molecular weight excluding hydrogens is 519 g/mol. The highest BCUT2D eigenvalue weighted by molar-refractivity contribution is 14.1. The van der Waals surface area contributed by atoms with Gasteiger partial charge in [0.15, 0.2) is 0 Å². The molecule has 5 atom stereocenters. The van der Waals surface area contributed by atoms with E-state index in [-0.39, 0.29) is 27.7 Å². The molecule has 5 heteroatoms. The van der Waals surface area contributed by atoms with Crippen molar-refractivity contribution in [2.24, 2.45) is 28.1 Å². The summed E-state index contributed by atoms with van der Waals surface area (Å²) < 4.78 is 32.4. The van der Waals surface area contributed by atoms with Crippen LogP contribution in [0.1, 0.15) is 65.7 Å². The van der Waals surface area contributed by atoms with E-state index >= 15 is 0 Å². The molecule has 3 nitrogen and oxygen atoms in total. The number of halogens is 1. The molecule has 0 aliphatic heterocycles. The molecule has 0 aromatic heterocycles. The van der Waals surface area contributed by atoms with Crippen LogP contribution in [0.2, 0.25) is 0 Å². The fourth-order valence-electron chi connectivity index (χ4n) is 6.80. The van der Waals surface area contributed by atoms with Crippen molar-refractivity contribution in [3.05, 3.63) is 52.1 Å². The number of benzene rings is 1. The highest BCUT2D eigenvalue weighted by atomic mass is 127. The molecule has 3 aliphatic carbocycles. The molecule has 4 rings (SSSR count). The summed E-state index contributed by atoms with van der Waals surface area (Å²) >= 11 is 2.18. The molecule has 0 radical (unpaired) electrons. The van der Waals surface area contributed by atoms with Crippen molar-refractivity contribution in [2.45, 2.75) is 70.6 Å². The Hall–Kier alpha value is -0.660. The van der Waals surface area contributed by atoms with Crippen LogP contribution in [0, 0.1) is 31.7 Å². The second-order valence-electron chi connectivity index (χ2n) is 10.8. The van der Waals surface area contributed by atoms with Crippen LogP contribution in [0.15, 0.2) is 53.5 Å². The van der Waals surface area contributed by atoms with E-state index in [4.69, 9.17) is 4.18 Å². The minimum absolute atomic E-state index is 0.131. The van der Waals surface area contributed by atoms with Gasteiger partial charge in [-0.1, -0.05) is 44.9 Å². The Balaban J connectivity index is 1.56. The Morgan fingerprint density at radius 2 is 1.87 bits per heavy atom. The topological polar surface area (TPSA) is 43.4 Å². The SMILES string of the molecule is C=C[C@@]1(C)CC=C2C(CCC3[C@](C)(COS(=O)(=O)c4ccc(I)cc4)CCC[C@@]23C)C1. The molecule has 3 aliphatic rings. The van der Waals surface area contributed by atoms with Gasteiger partial charge in [0.25, 0.3) is 10.1 Å². The minimum Gasteiger partial charge on any atom is -0.266 e. The summed E-state index contributed by atoms with van der Waals surface area (Å²) in [5.41, 5.74) is 1.86. The van der Waals surface area contributed by atoms with Gasteiger partial charge in [0.1, 0.15) is 0 Å². The molecule has 2 saturated carbocycles. The fourth-order valence-corrected chi connectivity index (χ4v) is 8.19. The van der Waals surface area contributed by atoms with E-state index in [1.54, 1.807) is 17.7 Å². The molecule has 0 amide bonds. The van der Waals surface area contributed by atoms with Crippen LogP contribution in [0.5, 0.6) is 0 Å². The first-order valence-electron chi connectivity index (χ1n) is 11.5. The van der Waals surface area contributed by atoms with Gasteiger partial charge < -0.3 is 0 Å². The van der Waals surface area contributed by atoms with E-state index in [1.165, 1.54) is 19.3 Å². The lowest BCUT2D eigenvalue weighted by atomic mass is 9.46. The summed E-state index contributed by atoms with van der Waals surface area (Å²) in [6.07, 6.45) is 12.6. The number of hydrogen-bond acceptors (Lipinski definition) is 3. The zero-order chi connectivity index (χ0) is 22.5. The Kier molecular flexibility index (Phi) is 6.28. The molecule has 2 fully saturated rings. The molecule has 31 heavy (non-hydrogen) atoms. The average Bonchev–Trinajstić information content (AvgIpc) is 2.72. The van der Waals surface area contributed by atoms with Crippen LogP contribution in [-0.2, 0) is 14.3 Å². The Morgan fingerprint density at radius 1 is 1.16 bits per heavy atom. The summed E-state index contributed by atoms with van der Waals surface area (Å²) in [5.74, 6) is 1.09. The van der Waals surface area contributed by atoms with E-state index in [9.17, 15) is 8.42 Å². The zero-order valence-electron chi connectivity index (χ0n) is 19.0. The van der Waals surface area contributed by atoms with Crippen molar-refractivity contribution in [2.75, 3.05) is 6.61 Å². The van der Waals surface area contributed by atoms with Gasteiger partial charge in [0.2, 0.25) is 0 Å². The Labute approximate surface area is 202 Å². The highest BCUT2D eigenvalue weighted by Crippen LogP contribution is 2.63. The summed E-state index contributed by atoms with van der Waals surface area (Å²) in [4.78, 5) is 0.248. The van der Waals surface area contributed by atoms with Gasteiger partial charge in [0, 0.05) is 3.57 Å². The quantitative estimate of drug-likeness (QED) is 0.221. The van der Waals surface area contributed by atoms with E-state index in [0.29, 0.717) is 11.8 Å². The van der Waals surface area contributed by atoms with Gasteiger partial charge in [-0.2, -0.15) is 8.42 Å². The van der Waals surface area contributed by atoms with Gasteiger partial charge in [-0.25, -0.2) is 0 Å². The van der Waals surface area contributed by atoms with Crippen molar-refractivity contribution in [3.8, 4) is 0 Å². The summed E-state index contributed by atoms with van der Waals surface area (Å²) in [7, 11) is -3.74. The van der Waals surface area contributed by atoms with Crippen molar-refractivity contribution >= 4 is 32.7 Å². The van der Waals surface area contributed by atoms with Crippen LogP contribution >= 0.6 is 22.6 Å². The fraction of sp³-hybridized carbons (Fsp3) is 0.615. The average molecular weight is 555 g/mol. The smallest absolute Gasteiger partial charge is 0.266 e. The van der Waals surface area contributed by atoms with Crippen molar-refractivity contribution < 1.29 is 12.6 Å². The maximum Gasteiger partial charge on any atom is 0.296 e. The van der Waals surface area contributed by atoms with Crippen LogP contribution in [-0.4, -0.2) is 15.0 Å². The maximum absolute atomic E-state index is 12.9. The predicted molar refractivity (Wildman–Crippen MR) is 134 cm³/mol. The third-order valence-electron chi connectivity index (χ3n) is 8.60. The van der Waals surface area contributed by atoms with Crippen LogP contribution in [0.25, 0.3) is 0 Å². The minimum atomic E-state index is -3.74. The lowest BCUT2D eigenvalue weighted by Gasteiger charge is -2.59. The molecule has 0 spiro atoms. The second kappa shape index (κ2) is 8.28. The molecule has 0 saturated heterocycles. The molecule has 2 unspecified atom stereocenters. The van der Waals surface area contributed by atoms with E-state index in [2.05, 4.69) is 62.1 Å². The summed E-state index contributed by atoms with van der Waals surface area (Å²) in [6.45, 7) is 11.4. The first-order valence-corrected chi connectivity index (χ1v) is 14.0. The van der Waals surface area contributed by atoms with E-state index in [1.807, 2.05) is 12.1 Å². The molecule has 170 valence electrons. The summed E-state index contributed by atoms with van der Waals surface area (Å²) in [5, 5.41) is 0. The lowest BCUT2D eigenvalue weighted by Crippen LogP contribution is -2.51. The third kappa shape index (κ3) is 4.31. The molecule has 1 aromatic rings. The van der Waals surface area contributed by atoms with Crippen LogP contribution < -0.4 is 0 Å². The lowest BCUT2D eigenvalue weighted by molar-refractivity contribution is -0.0490. The number of rotatable bonds is 5. The zero-order valence-corrected chi connectivity index (χ0v) is 22.0. The van der Waals surface area contributed by atoms with Gasteiger partial charge in [-0.3, -0.25) is 4.18 Å². The van der Waals surface area contributed by atoms with Gasteiger partial charge in [-0.15, -0.1) is 6.58 Å². The molecular formula is C26H35IO3S. The van der Waals surface area contributed by atoms with Gasteiger partial charge in [-0.05, 0) is 113 Å². The number of fused-ring (bicyclic) bond motifs is 3. The van der Waals surface area contributed by atoms with Crippen molar-refractivity contribution in [1.82, 2.24) is 0 Å². The normalized spacial score (nSPS) is 38.0. The second-order valence-corrected chi connectivity index (χ2v) is 13.7. The number of hydrogen-bond donors (Lipinski definition) is 0. The van der Waals surface area contributed by atoms with Gasteiger partial charge in [0.05, 0.1) is 11.5 Å². The standard InChI is InChI=1S/C26H35IO3S/c1-5-24(2)16-13-22-19(17-24)7-12-23-25(3,14-6-15-26(22,23)4)18-30-31(28,29)21-10-8-20(27)9-11-21/h5,8-11,13,19,23H,1,6-7,12,14-18H2,2-4H3/t19?,23?,24-,25-,26-/m0/s1. The Morgan fingerprint density at radius 3 is 2.55 bits per heavy atom. The maximum atomic E-state index is 12.9. The molecule has 0 heterocycles. The first-order chi connectivity index (χ1) is 14.5. The van der Waals surface area contributed by atoms with Gasteiger partial charge >= 0.3 is 0 Å². The molecule has 0 bridgehead atoms. The monoisotopic (exact) mass is 554 g/mol. The molecule has 0 N–H and O–H groups in total. The Bertz CT molecular complexity index is 982. The predicted octanol–water partition coefficient (Wildman–Crippen LogP) is 7.13. The number of allylic oxidation sites excluding steroid dienone is 3. The van der Waals surface area contributed by atoms with Crippen LogP contribution in [0.3, 0.4) is 0 Å². The molecule has 1 aromatic carbocycles.